The lowest BCUT2D eigenvalue weighted by molar-refractivity contribution is -0.119. The van der Waals surface area contributed by atoms with Gasteiger partial charge in [-0.25, -0.2) is 4.98 Å². The van der Waals surface area contributed by atoms with Crippen LogP contribution in [0.1, 0.15) is 33.8 Å². The first-order valence-corrected chi connectivity index (χ1v) is 6.31. The third-order valence-electron chi connectivity index (χ3n) is 2.70. The molecule has 1 amide bonds. The molecule has 4 nitrogen and oxygen atoms in total. The zero-order valence-corrected chi connectivity index (χ0v) is 10.6. The molecule has 1 aromatic heterocycles. The molecule has 92 valence electrons. The molecular formula is C13H12N2O2S. The van der Waals surface area contributed by atoms with E-state index in [9.17, 15) is 9.59 Å². The molecule has 0 saturated heterocycles. The van der Waals surface area contributed by atoms with Crippen LogP contribution in [0.4, 0.5) is 0 Å². The minimum Gasteiger partial charge on any atom is -0.369 e. The first kappa shape index (κ1) is 12.4. The number of carbonyl (C=O) groups is 2. The van der Waals surface area contributed by atoms with E-state index in [4.69, 9.17) is 5.73 Å². The van der Waals surface area contributed by atoms with E-state index < -0.39 is 11.8 Å². The van der Waals surface area contributed by atoms with Crippen LogP contribution in [0.25, 0.3) is 0 Å². The average molecular weight is 260 g/mol. The number of ketones is 1. The summed E-state index contributed by atoms with van der Waals surface area (Å²) in [6.45, 7) is 1.72. The van der Waals surface area contributed by atoms with Gasteiger partial charge in [-0.15, -0.1) is 11.3 Å². The zero-order chi connectivity index (χ0) is 13.1. The largest absolute Gasteiger partial charge is 0.369 e. The van der Waals surface area contributed by atoms with Crippen LogP contribution in [0.3, 0.4) is 0 Å². The van der Waals surface area contributed by atoms with Crippen molar-refractivity contribution in [3.8, 4) is 0 Å². The molecule has 0 saturated carbocycles. The predicted molar refractivity (Wildman–Crippen MR) is 69.6 cm³/mol. The van der Waals surface area contributed by atoms with E-state index in [0.717, 1.165) is 5.56 Å². The Balaban J connectivity index is 2.33. The lowest BCUT2D eigenvalue weighted by Gasteiger charge is -2.08. The van der Waals surface area contributed by atoms with Crippen molar-refractivity contribution in [3.05, 3.63) is 52.0 Å². The third-order valence-corrected chi connectivity index (χ3v) is 3.47. The maximum atomic E-state index is 12.1. The van der Waals surface area contributed by atoms with Crippen molar-refractivity contribution in [2.75, 3.05) is 0 Å². The summed E-state index contributed by atoms with van der Waals surface area (Å²) in [7, 11) is 0. The van der Waals surface area contributed by atoms with E-state index in [1.165, 1.54) is 11.3 Å². The summed E-state index contributed by atoms with van der Waals surface area (Å²) >= 11 is 1.29. The van der Waals surface area contributed by atoms with Gasteiger partial charge in [0.2, 0.25) is 11.7 Å². The topological polar surface area (TPSA) is 73.1 Å². The number of carbonyl (C=O) groups excluding carboxylic acids is 2. The van der Waals surface area contributed by atoms with Crippen molar-refractivity contribution in [1.82, 2.24) is 4.98 Å². The number of amides is 1. The van der Waals surface area contributed by atoms with Crippen molar-refractivity contribution in [1.29, 1.82) is 0 Å². The lowest BCUT2D eigenvalue weighted by atomic mass is 9.97. The Hall–Kier alpha value is -2.01. The van der Waals surface area contributed by atoms with Crippen LogP contribution in [0.2, 0.25) is 0 Å². The monoisotopic (exact) mass is 260 g/mol. The molecule has 0 fully saturated rings. The second kappa shape index (κ2) is 5.10. The Labute approximate surface area is 108 Å². The van der Waals surface area contributed by atoms with Crippen molar-refractivity contribution < 1.29 is 9.59 Å². The molecule has 1 atom stereocenters. The minimum atomic E-state index is -0.408. The summed E-state index contributed by atoms with van der Waals surface area (Å²) in [4.78, 5) is 27.2. The quantitative estimate of drug-likeness (QED) is 0.854. The zero-order valence-electron chi connectivity index (χ0n) is 9.79. The molecule has 2 rings (SSSR count). The van der Waals surface area contributed by atoms with Crippen molar-refractivity contribution in [2.45, 2.75) is 12.8 Å². The summed E-state index contributed by atoms with van der Waals surface area (Å²) in [5.41, 5.74) is 6.52. The Morgan fingerprint density at radius 2 is 2.17 bits per heavy atom. The Morgan fingerprint density at radius 1 is 1.39 bits per heavy atom. The molecule has 5 heteroatoms. The number of hydrogen-bond donors (Lipinski definition) is 1. The van der Waals surface area contributed by atoms with Crippen LogP contribution in [0.5, 0.6) is 0 Å². The smallest absolute Gasteiger partial charge is 0.224 e. The molecule has 0 aliphatic heterocycles. The molecule has 0 bridgehead atoms. The van der Waals surface area contributed by atoms with Crippen LogP contribution < -0.4 is 5.73 Å². The lowest BCUT2D eigenvalue weighted by Crippen LogP contribution is -2.19. The van der Waals surface area contributed by atoms with Gasteiger partial charge in [-0.3, -0.25) is 9.59 Å². The second-order valence-corrected chi connectivity index (χ2v) is 4.81. The summed E-state index contributed by atoms with van der Waals surface area (Å²) in [6.07, 6.45) is 1.59. The maximum absolute atomic E-state index is 12.1. The van der Waals surface area contributed by atoms with Gasteiger partial charge < -0.3 is 5.73 Å². The van der Waals surface area contributed by atoms with E-state index in [1.807, 2.05) is 0 Å². The highest BCUT2D eigenvalue weighted by atomic mass is 32.1. The second-order valence-electron chi connectivity index (χ2n) is 3.92. The van der Waals surface area contributed by atoms with Gasteiger partial charge in [0.15, 0.2) is 5.01 Å². The molecule has 1 aromatic carbocycles. The number of thiazole rings is 1. The number of rotatable bonds is 4. The van der Waals surface area contributed by atoms with Crippen LogP contribution in [-0.2, 0) is 4.79 Å². The van der Waals surface area contributed by atoms with E-state index >= 15 is 0 Å². The third kappa shape index (κ3) is 2.46. The number of primary amides is 1. The van der Waals surface area contributed by atoms with Gasteiger partial charge in [-0.1, -0.05) is 18.2 Å². The SMILES string of the molecule is CC(C(N)=O)c1cccc(C(=O)c2nccs2)c1. The molecule has 0 aliphatic carbocycles. The molecule has 0 radical (unpaired) electrons. The van der Waals surface area contributed by atoms with Crippen molar-refractivity contribution in [3.63, 3.8) is 0 Å². The first-order chi connectivity index (χ1) is 8.59. The fourth-order valence-electron chi connectivity index (χ4n) is 1.57. The molecule has 2 N–H and O–H groups in total. The van der Waals surface area contributed by atoms with Gasteiger partial charge in [0.05, 0.1) is 5.92 Å². The van der Waals surface area contributed by atoms with Crippen molar-refractivity contribution >= 4 is 23.0 Å². The van der Waals surface area contributed by atoms with Crippen LogP contribution in [0, 0.1) is 0 Å². The molecular weight excluding hydrogens is 248 g/mol. The summed E-state index contributed by atoms with van der Waals surface area (Å²) in [5.74, 6) is -0.952. The Kier molecular flexibility index (Phi) is 3.53. The normalized spacial score (nSPS) is 12.1. The molecule has 0 aliphatic rings. The van der Waals surface area contributed by atoms with Crippen LogP contribution in [0.15, 0.2) is 35.8 Å². The molecule has 1 heterocycles. The summed E-state index contributed by atoms with van der Waals surface area (Å²) in [5, 5.41) is 2.20. The first-order valence-electron chi connectivity index (χ1n) is 5.43. The van der Waals surface area contributed by atoms with Crippen molar-refractivity contribution in [2.24, 2.45) is 5.73 Å². The number of aromatic nitrogens is 1. The van der Waals surface area contributed by atoms with Gasteiger partial charge >= 0.3 is 0 Å². The van der Waals surface area contributed by atoms with Gasteiger partial charge in [0.1, 0.15) is 0 Å². The highest BCUT2D eigenvalue weighted by molar-refractivity contribution is 7.11. The van der Waals surface area contributed by atoms with Gasteiger partial charge in [0, 0.05) is 17.1 Å². The predicted octanol–water partition coefficient (Wildman–Crippen LogP) is 1.96. The number of nitrogens with two attached hydrogens (primary N) is 1. The van der Waals surface area contributed by atoms with Gasteiger partial charge in [-0.2, -0.15) is 0 Å². The average Bonchev–Trinajstić information content (AvgIpc) is 2.91. The summed E-state index contributed by atoms with van der Waals surface area (Å²) in [6, 6.07) is 6.93. The minimum absolute atomic E-state index is 0.136. The molecule has 0 spiro atoms. The van der Waals surface area contributed by atoms with Crippen LogP contribution in [-0.4, -0.2) is 16.7 Å². The fourth-order valence-corrected chi connectivity index (χ4v) is 2.17. The van der Waals surface area contributed by atoms with Gasteiger partial charge in [-0.05, 0) is 18.6 Å². The van der Waals surface area contributed by atoms with Gasteiger partial charge in [0.25, 0.3) is 0 Å². The Morgan fingerprint density at radius 3 is 2.78 bits per heavy atom. The van der Waals surface area contributed by atoms with E-state index in [-0.39, 0.29) is 5.78 Å². The molecule has 18 heavy (non-hydrogen) atoms. The molecule has 2 aromatic rings. The standard InChI is InChI=1S/C13H12N2O2S/c1-8(12(14)17)9-3-2-4-10(7-9)11(16)13-15-5-6-18-13/h2-8H,1H3,(H2,14,17). The number of nitrogens with zero attached hydrogens (tertiary/aromatic N) is 1. The van der Waals surface area contributed by atoms with Crippen LogP contribution >= 0.6 is 11.3 Å². The van der Waals surface area contributed by atoms with E-state index in [0.29, 0.717) is 10.6 Å². The number of hydrogen-bond acceptors (Lipinski definition) is 4. The van der Waals surface area contributed by atoms with E-state index in [2.05, 4.69) is 4.98 Å². The maximum Gasteiger partial charge on any atom is 0.224 e. The highest BCUT2D eigenvalue weighted by Crippen LogP contribution is 2.19. The van der Waals surface area contributed by atoms with E-state index in [1.54, 1.807) is 42.8 Å². The number of benzene rings is 1. The molecule has 1 unspecified atom stereocenters. The highest BCUT2D eigenvalue weighted by Gasteiger charge is 2.16. The fraction of sp³-hybridized carbons (Fsp3) is 0.154. The Bertz CT molecular complexity index is 578. The summed E-state index contributed by atoms with van der Waals surface area (Å²) < 4.78 is 0.